The fourth-order valence-corrected chi connectivity index (χ4v) is 1.33. The number of amides is 1. The third-order valence-electron chi connectivity index (χ3n) is 2.06. The van der Waals surface area contributed by atoms with E-state index in [1.165, 1.54) is 0 Å². The van der Waals surface area contributed by atoms with E-state index in [1.807, 2.05) is 7.05 Å². The van der Waals surface area contributed by atoms with Crippen molar-refractivity contribution in [2.24, 2.45) is 0 Å². The van der Waals surface area contributed by atoms with Gasteiger partial charge in [0, 0.05) is 20.6 Å². The molecule has 1 radical (unpaired) electrons. The first-order valence-electron chi connectivity index (χ1n) is 3.86. The molecule has 1 amide bonds. The van der Waals surface area contributed by atoms with Gasteiger partial charge in [0.05, 0.1) is 6.04 Å². The lowest BCUT2D eigenvalue weighted by atomic mass is 10.2. The van der Waals surface area contributed by atoms with Gasteiger partial charge in [-0.25, -0.2) is 0 Å². The van der Waals surface area contributed by atoms with Crippen molar-refractivity contribution in [1.29, 1.82) is 0 Å². The summed E-state index contributed by atoms with van der Waals surface area (Å²) in [6.07, 6.45) is 3.04. The lowest BCUT2D eigenvalue weighted by Crippen LogP contribution is -2.40. The van der Waals surface area contributed by atoms with Gasteiger partial charge in [0.1, 0.15) is 0 Å². The van der Waals surface area contributed by atoms with E-state index in [0.29, 0.717) is 0 Å². The molecule has 0 unspecified atom stereocenters. The maximum Gasteiger partial charge on any atom is 0.239 e. The van der Waals surface area contributed by atoms with Crippen LogP contribution < -0.4 is 0 Å². The van der Waals surface area contributed by atoms with E-state index in [0.717, 1.165) is 13.0 Å². The maximum absolute atomic E-state index is 11.4. The fraction of sp³-hybridized carbons (Fsp3) is 0.750. The molecule has 1 aliphatic heterocycles. The van der Waals surface area contributed by atoms with Crippen molar-refractivity contribution < 1.29 is 4.79 Å². The molecule has 1 fully saturated rings. The molecule has 3 nitrogen and oxygen atoms in total. The summed E-state index contributed by atoms with van der Waals surface area (Å²) in [6.45, 7) is 0.935. The van der Waals surface area contributed by atoms with Crippen LogP contribution >= 0.6 is 0 Å². The number of carbonyl (C=O) groups is 1. The Kier molecular flexibility index (Phi) is 2.49. The van der Waals surface area contributed by atoms with E-state index in [1.54, 1.807) is 19.0 Å². The highest BCUT2D eigenvalue weighted by molar-refractivity contribution is 5.81. The Hall–Kier alpha value is -0.570. The number of hydrogen-bond acceptors (Lipinski definition) is 2. The van der Waals surface area contributed by atoms with Gasteiger partial charge in [-0.15, -0.1) is 0 Å². The highest BCUT2D eigenvalue weighted by Crippen LogP contribution is 2.14. The largest absolute Gasteiger partial charge is 0.347 e. The smallest absolute Gasteiger partial charge is 0.239 e. The first-order valence-corrected chi connectivity index (χ1v) is 3.86. The molecule has 0 bridgehead atoms. The van der Waals surface area contributed by atoms with Crippen LogP contribution in [0.25, 0.3) is 0 Å². The highest BCUT2D eigenvalue weighted by atomic mass is 16.2. The van der Waals surface area contributed by atoms with Gasteiger partial charge in [-0.3, -0.25) is 9.69 Å². The van der Waals surface area contributed by atoms with Crippen LogP contribution in [0.5, 0.6) is 0 Å². The molecule has 0 aromatic rings. The van der Waals surface area contributed by atoms with Crippen molar-refractivity contribution in [3.05, 3.63) is 6.42 Å². The molecule has 0 aromatic heterocycles. The average Bonchev–Trinajstić information content (AvgIpc) is 2.33. The van der Waals surface area contributed by atoms with Gasteiger partial charge in [-0.05, 0) is 19.9 Å². The van der Waals surface area contributed by atoms with Crippen LogP contribution in [0.3, 0.4) is 0 Å². The first-order chi connectivity index (χ1) is 5.13. The summed E-state index contributed by atoms with van der Waals surface area (Å²) in [6, 6.07) is 0.0880. The van der Waals surface area contributed by atoms with Crippen LogP contribution in [-0.4, -0.2) is 49.4 Å². The summed E-state index contributed by atoms with van der Waals surface area (Å²) in [7, 11) is 5.58. The second kappa shape index (κ2) is 3.22. The zero-order valence-corrected chi connectivity index (χ0v) is 7.37. The number of rotatable bonds is 1. The van der Waals surface area contributed by atoms with Gasteiger partial charge >= 0.3 is 0 Å². The molecule has 1 aliphatic rings. The van der Waals surface area contributed by atoms with E-state index in [2.05, 4.69) is 11.3 Å². The number of likely N-dealkylation sites (tertiary alicyclic amines) is 1. The molecule has 1 heterocycles. The molecule has 11 heavy (non-hydrogen) atoms. The Morgan fingerprint density at radius 1 is 1.64 bits per heavy atom. The third kappa shape index (κ3) is 1.71. The SMILES string of the molecule is CN(C)C(=O)[C@H]1C[CH]CN1C. The zero-order valence-electron chi connectivity index (χ0n) is 7.37. The highest BCUT2D eigenvalue weighted by Gasteiger charge is 2.28. The molecular formula is C8H15N2O. The van der Waals surface area contributed by atoms with Gasteiger partial charge in [0.2, 0.25) is 5.91 Å². The summed E-state index contributed by atoms with van der Waals surface area (Å²) in [5, 5.41) is 0. The maximum atomic E-state index is 11.4. The number of carbonyl (C=O) groups excluding carboxylic acids is 1. The summed E-state index contributed by atoms with van der Waals surface area (Å²) < 4.78 is 0. The van der Waals surface area contributed by atoms with E-state index in [9.17, 15) is 4.79 Å². The summed E-state index contributed by atoms with van der Waals surface area (Å²) in [5.74, 6) is 0.209. The van der Waals surface area contributed by atoms with Gasteiger partial charge in [0.25, 0.3) is 0 Å². The minimum atomic E-state index is 0.0880. The fourth-order valence-electron chi connectivity index (χ4n) is 1.33. The lowest BCUT2D eigenvalue weighted by Gasteiger charge is -2.21. The van der Waals surface area contributed by atoms with E-state index >= 15 is 0 Å². The predicted octanol–water partition coefficient (Wildman–Crippen LogP) is -0.0170. The van der Waals surface area contributed by atoms with Crippen LogP contribution in [0.15, 0.2) is 0 Å². The van der Waals surface area contributed by atoms with E-state index in [4.69, 9.17) is 0 Å². The van der Waals surface area contributed by atoms with Gasteiger partial charge in [-0.1, -0.05) is 0 Å². The summed E-state index contributed by atoms with van der Waals surface area (Å²) >= 11 is 0. The van der Waals surface area contributed by atoms with Crippen LogP contribution in [0.2, 0.25) is 0 Å². The number of likely N-dealkylation sites (N-methyl/N-ethyl adjacent to an activating group) is 2. The molecule has 1 atom stereocenters. The zero-order chi connectivity index (χ0) is 8.43. The summed E-state index contributed by atoms with van der Waals surface area (Å²) in [4.78, 5) is 15.1. The molecule has 0 N–H and O–H groups in total. The van der Waals surface area contributed by atoms with Crippen molar-refractivity contribution in [2.75, 3.05) is 27.7 Å². The van der Waals surface area contributed by atoms with Crippen LogP contribution in [0.4, 0.5) is 0 Å². The molecule has 0 aliphatic carbocycles. The monoisotopic (exact) mass is 155 g/mol. The molecule has 1 rings (SSSR count). The minimum Gasteiger partial charge on any atom is -0.347 e. The molecule has 0 aromatic carbocycles. The van der Waals surface area contributed by atoms with Crippen LogP contribution in [-0.2, 0) is 4.79 Å². The lowest BCUT2D eigenvalue weighted by molar-refractivity contribution is -0.132. The Morgan fingerprint density at radius 3 is 2.64 bits per heavy atom. The van der Waals surface area contributed by atoms with Crippen molar-refractivity contribution >= 4 is 5.91 Å². The van der Waals surface area contributed by atoms with Crippen molar-refractivity contribution in [3.63, 3.8) is 0 Å². The van der Waals surface area contributed by atoms with Crippen molar-refractivity contribution in [3.8, 4) is 0 Å². The standard InChI is InChI=1S/C8H15N2O/c1-9(2)8(11)7-5-4-6-10(7)3/h4,7H,5-6H2,1-3H3/t7-/m1/s1. The van der Waals surface area contributed by atoms with Crippen molar-refractivity contribution in [1.82, 2.24) is 9.80 Å². The van der Waals surface area contributed by atoms with Gasteiger partial charge in [0.15, 0.2) is 0 Å². The second-order valence-corrected chi connectivity index (χ2v) is 3.21. The van der Waals surface area contributed by atoms with E-state index in [-0.39, 0.29) is 11.9 Å². The molecule has 3 heteroatoms. The minimum absolute atomic E-state index is 0.0880. The van der Waals surface area contributed by atoms with Crippen LogP contribution in [0, 0.1) is 6.42 Å². The molecule has 1 saturated heterocycles. The molecule has 63 valence electrons. The molecule has 0 spiro atoms. The second-order valence-electron chi connectivity index (χ2n) is 3.21. The number of hydrogen-bond donors (Lipinski definition) is 0. The molecular weight excluding hydrogens is 140 g/mol. The third-order valence-corrected chi connectivity index (χ3v) is 2.06. The topological polar surface area (TPSA) is 23.6 Å². The Morgan fingerprint density at radius 2 is 2.27 bits per heavy atom. The Labute approximate surface area is 68.0 Å². The predicted molar refractivity (Wildman–Crippen MR) is 44.0 cm³/mol. The normalized spacial score (nSPS) is 25.5. The Balaban J connectivity index is 2.53. The average molecular weight is 155 g/mol. The van der Waals surface area contributed by atoms with Gasteiger partial charge in [-0.2, -0.15) is 0 Å². The number of nitrogens with zero attached hydrogens (tertiary/aromatic N) is 2. The quantitative estimate of drug-likeness (QED) is 0.531. The van der Waals surface area contributed by atoms with Crippen LogP contribution in [0.1, 0.15) is 6.42 Å². The summed E-state index contributed by atoms with van der Waals surface area (Å²) in [5.41, 5.74) is 0. The Bertz CT molecular complexity index is 156. The van der Waals surface area contributed by atoms with Gasteiger partial charge < -0.3 is 4.90 Å². The first kappa shape index (κ1) is 8.53. The van der Waals surface area contributed by atoms with E-state index < -0.39 is 0 Å². The van der Waals surface area contributed by atoms with Crippen molar-refractivity contribution in [2.45, 2.75) is 12.5 Å². The molecule has 0 saturated carbocycles.